The van der Waals surface area contributed by atoms with Crippen molar-refractivity contribution in [1.82, 2.24) is 19.7 Å². The van der Waals surface area contributed by atoms with E-state index < -0.39 is 6.17 Å². The highest BCUT2D eigenvalue weighted by Gasteiger charge is 2.29. The summed E-state index contributed by atoms with van der Waals surface area (Å²) < 4.78 is 14.8. The van der Waals surface area contributed by atoms with Crippen LogP contribution < -0.4 is 16.4 Å². The second-order valence-electron chi connectivity index (χ2n) is 6.71. The third-order valence-electron chi connectivity index (χ3n) is 4.72. The summed E-state index contributed by atoms with van der Waals surface area (Å²) >= 11 is 0. The maximum Gasteiger partial charge on any atom is 0.226 e. The molecule has 136 valence electrons. The molecule has 0 bridgehead atoms. The number of fused-ring (bicyclic) bond motifs is 1. The quantitative estimate of drug-likeness (QED) is 0.629. The van der Waals surface area contributed by atoms with Crippen LogP contribution >= 0.6 is 0 Å². The predicted molar refractivity (Wildman–Crippen MR) is 99.7 cm³/mol. The van der Waals surface area contributed by atoms with Gasteiger partial charge >= 0.3 is 0 Å². The second-order valence-corrected chi connectivity index (χ2v) is 6.71. The lowest BCUT2D eigenvalue weighted by Gasteiger charge is -2.30. The van der Waals surface area contributed by atoms with Crippen LogP contribution in [0, 0.1) is 0 Å². The summed E-state index contributed by atoms with van der Waals surface area (Å²) in [5, 5.41) is 11.6. The van der Waals surface area contributed by atoms with Crippen LogP contribution in [-0.2, 0) is 7.05 Å². The number of hydrogen-bond donors (Lipinski definition) is 3. The van der Waals surface area contributed by atoms with E-state index in [1.54, 1.807) is 10.9 Å². The highest BCUT2D eigenvalue weighted by atomic mass is 19.1. The highest BCUT2D eigenvalue weighted by Crippen LogP contribution is 2.29. The zero-order valence-electron chi connectivity index (χ0n) is 14.6. The van der Waals surface area contributed by atoms with Gasteiger partial charge in [-0.1, -0.05) is 30.3 Å². The lowest BCUT2D eigenvalue weighted by molar-refractivity contribution is 0.192. The van der Waals surface area contributed by atoms with Gasteiger partial charge in [0.1, 0.15) is 12.0 Å². The zero-order chi connectivity index (χ0) is 18.1. The van der Waals surface area contributed by atoms with Crippen LogP contribution in [0.4, 0.5) is 16.2 Å². The monoisotopic (exact) mass is 355 g/mol. The standard InChI is InChI=1S/C18H22FN7/c1-26-17-14(9-22-26)16(23-13-7-12(19)8-13)24-18(25-17)21-10-15(20)11-5-3-2-4-6-11/h2-6,9,12-13,15H,7-8,10,20H2,1H3,(H2,21,23,24,25)/t12-,13+,15-/m0/s1. The van der Waals surface area contributed by atoms with Crippen molar-refractivity contribution in [2.45, 2.75) is 31.1 Å². The summed E-state index contributed by atoms with van der Waals surface area (Å²) in [4.78, 5) is 9.10. The highest BCUT2D eigenvalue weighted by molar-refractivity contribution is 5.87. The predicted octanol–water partition coefficient (Wildman–Crippen LogP) is 2.39. The van der Waals surface area contributed by atoms with Crippen LogP contribution in [0.15, 0.2) is 36.5 Å². The van der Waals surface area contributed by atoms with Crippen molar-refractivity contribution in [3.05, 3.63) is 42.1 Å². The molecule has 8 heteroatoms. The minimum atomic E-state index is -0.722. The van der Waals surface area contributed by atoms with Crippen LogP contribution in [0.25, 0.3) is 11.0 Å². The Morgan fingerprint density at radius 3 is 2.77 bits per heavy atom. The van der Waals surface area contributed by atoms with Gasteiger partial charge in [0.25, 0.3) is 0 Å². The Kier molecular flexibility index (Phi) is 4.42. The largest absolute Gasteiger partial charge is 0.366 e. The van der Waals surface area contributed by atoms with Gasteiger partial charge < -0.3 is 16.4 Å². The molecule has 2 heterocycles. The summed E-state index contributed by atoms with van der Waals surface area (Å²) in [6.45, 7) is 0.503. The van der Waals surface area contributed by atoms with Crippen molar-refractivity contribution >= 4 is 22.8 Å². The Bertz CT molecular complexity index is 889. The molecule has 1 saturated carbocycles. The average molecular weight is 355 g/mol. The molecule has 0 amide bonds. The Morgan fingerprint density at radius 2 is 2.04 bits per heavy atom. The fourth-order valence-electron chi connectivity index (χ4n) is 3.09. The van der Waals surface area contributed by atoms with E-state index in [-0.39, 0.29) is 12.1 Å². The first-order valence-corrected chi connectivity index (χ1v) is 8.75. The number of aromatic nitrogens is 4. The van der Waals surface area contributed by atoms with Gasteiger partial charge in [0, 0.05) is 25.7 Å². The summed E-state index contributed by atoms with van der Waals surface area (Å²) in [6.07, 6.45) is 2.02. The molecule has 1 aliphatic carbocycles. The van der Waals surface area contributed by atoms with Crippen molar-refractivity contribution < 1.29 is 4.39 Å². The van der Waals surface area contributed by atoms with Crippen molar-refractivity contribution in [2.24, 2.45) is 12.8 Å². The maximum atomic E-state index is 13.1. The molecular weight excluding hydrogens is 333 g/mol. The number of nitrogens with one attached hydrogen (secondary N) is 2. The number of aryl methyl sites for hydroxylation is 1. The van der Waals surface area contributed by atoms with Crippen molar-refractivity contribution in [2.75, 3.05) is 17.2 Å². The smallest absolute Gasteiger partial charge is 0.226 e. The minimum Gasteiger partial charge on any atom is -0.366 e. The number of rotatable bonds is 6. The molecule has 7 nitrogen and oxygen atoms in total. The summed E-state index contributed by atoms with van der Waals surface area (Å²) in [6, 6.07) is 9.81. The molecule has 0 spiro atoms. The molecule has 2 aromatic heterocycles. The molecule has 0 radical (unpaired) electrons. The van der Waals surface area contributed by atoms with E-state index in [9.17, 15) is 4.39 Å². The lowest BCUT2D eigenvalue weighted by atomic mass is 9.91. The fraction of sp³-hybridized carbons (Fsp3) is 0.389. The first-order valence-electron chi connectivity index (χ1n) is 8.75. The molecule has 0 saturated heterocycles. The number of hydrogen-bond acceptors (Lipinski definition) is 6. The molecule has 3 aromatic rings. The van der Waals surface area contributed by atoms with E-state index in [1.807, 2.05) is 37.4 Å². The molecule has 4 N–H and O–H groups in total. The Morgan fingerprint density at radius 1 is 1.27 bits per heavy atom. The van der Waals surface area contributed by atoms with Crippen LogP contribution in [0.2, 0.25) is 0 Å². The van der Waals surface area contributed by atoms with E-state index in [1.165, 1.54) is 0 Å². The second kappa shape index (κ2) is 6.87. The maximum absolute atomic E-state index is 13.1. The van der Waals surface area contributed by atoms with Crippen LogP contribution in [0.1, 0.15) is 24.4 Å². The van der Waals surface area contributed by atoms with E-state index >= 15 is 0 Å². The molecule has 26 heavy (non-hydrogen) atoms. The SMILES string of the molecule is Cn1ncc2c(N[C@H]3C[C@@H](F)C3)nc(NC[C@H](N)c3ccccc3)nc21. The van der Waals surface area contributed by atoms with Gasteiger partial charge in [-0.25, -0.2) is 4.39 Å². The lowest BCUT2D eigenvalue weighted by Crippen LogP contribution is -2.37. The average Bonchev–Trinajstić information content (AvgIpc) is 3.00. The number of alkyl halides is 1. The van der Waals surface area contributed by atoms with Gasteiger partial charge in [0.15, 0.2) is 5.65 Å². The van der Waals surface area contributed by atoms with Gasteiger partial charge in [-0.05, 0) is 18.4 Å². The Balaban J connectivity index is 1.53. The molecule has 4 rings (SSSR count). The molecule has 0 unspecified atom stereocenters. The van der Waals surface area contributed by atoms with Crippen LogP contribution in [0.3, 0.4) is 0 Å². The van der Waals surface area contributed by atoms with Gasteiger partial charge in [0.05, 0.1) is 11.6 Å². The van der Waals surface area contributed by atoms with Crippen LogP contribution in [0.5, 0.6) is 0 Å². The number of anilines is 2. The summed E-state index contributed by atoms with van der Waals surface area (Å²) in [7, 11) is 1.83. The number of benzene rings is 1. The molecule has 1 aromatic carbocycles. The molecule has 1 atom stereocenters. The molecular formula is C18H22FN7. The van der Waals surface area contributed by atoms with Gasteiger partial charge in [-0.2, -0.15) is 15.1 Å². The number of nitrogens with two attached hydrogens (primary N) is 1. The fourth-order valence-corrected chi connectivity index (χ4v) is 3.09. The summed E-state index contributed by atoms with van der Waals surface area (Å²) in [5.74, 6) is 1.15. The van der Waals surface area contributed by atoms with Gasteiger partial charge in [0.2, 0.25) is 5.95 Å². The number of nitrogens with zero attached hydrogens (tertiary/aromatic N) is 4. The first-order chi connectivity index (χ1) is 12.6. The first kappa shape index (κ1) is 16.7. The number of halogens is 1. The van der Waals surface area contributed by atoms with E-state index in [0.717, 1.165) is 16.6 Å². The van der Waals surface area contributed by atoms with Crippen LogP contribution in [-0.4, -0.2) is 38.5 Å². The molecule has 0 aliphatic heterocycles. The van der Waals surface area contributed by atoms with Crippen molar-refractivity contribution in [3.8, 4) is 0 Å². The van der Waals surface area contributed by atoms with Gasteiger partial charge in [-0.15, -0.1) is 0 Å². The van der Waals surface area contributed by atoms with E-state index in [2.05, 4.69) is 25.7 Å². The van der Waals surface area contributed by atoms with Crippen molar-refractivity contribution in [1.29, 1.82) is 0 Å². The zero-order valence-corrected chi connectivity index (χ0v) is 14.6. The van der Waals surface area contributed by atoms with E-state index in [0.29, 0.717) is 31.2 Å². The van der Waals surface area contributed by atoms with E-state index in [4.69, 9.17) is 5.73 Å². The third kappa shape index (κ3) is 3.32. The molecule has 1 aliphatic rings. The molecule has 1 fully saturated rings. The Hall–Kier alpha value is -2.74. The van der Waals surface area contributed by atoms with Crippen molar-refractivity contribution in [3.63, 3.8) is 0 Å². The minimum absolute atomic E-state index is 0.0998. The topological polar surface area (TPSA) is 93.7 Å². The summed E-state index contributed by atoms with van der Waals surface area (Å²) in [5.41, 5.74) is 8.00. The third-order valence-corrected chi connectivity index (χ3v) is 4.72. The normalized spacial score (nSPS) is 20.6. The van der Waals surface area contributed by atoms with Gasteiger partial charge in [-0.3, -0.25) is 4.68 Å². The Labute approximate surface area is 150 Å².